The second kappa shape index (κ2) is 17.6. The van der Waals surface area contributed by atoms with Crippen molar-refractivity contribution in [2.24, 2.45) is 0 Å². The van der Waals surface area contributed by atoms with Crippen LogP contribution in [0.25, 0.3) is 99.2 Å². The summed E-state index contributed by atoms with van der Waals surface area (Å²) in [4.78, 5) is 10.7. The van der Waals surface area contributed by atoms with E-state index >= 15 is 0 Å². The Morgan fingerprint density at radius 2 is 0.656 bits per heavy atom. The molecule has 0 aliphatic carbocycles. The van der Waals surface area contributed by atoms with Gasteiger partial charge in [0.05, 0.1) is 49.2 Å². The molecule has 10 aromatic rings. The number of fused-ring (bicyclic) bond motifs is 4. The first-order chi connectivity index (χ1) is 31.6. The van der Waals surface area contributed by atoms with Gasteiger partial charge in [-0.15, -0.1) is 0 Å². The maximum atomic E-state index is 6.72. The van der Waals surface area contributed by atoms with Gasteiger partial charge in [-0.2, -0.15) is 0 Å². The number of nitrogens with zero attached hydrogens (tertiary/aromatic N) is 2. The minimum Gasteiger partial charge on any atom is -0.493 e. The van der Waals surface area contributed by atoms with Gasteiger partial charge in [0.2, 0.25) is 0 Å². The van der Waals surface area contributed by atoms with Crippen molar-refractivity contribution in [3.8, 4) is 79.2 Å². The third-order valence-electron chi connectivity index (χ3n) is 11.8. The highest BCUT2D eigenvalue weighted by atomic mass is 16.5. The zero-order valence-corrected chi connectivity index (χ0v) is 36.5. The summed E-state index contributed by atoms with van der Waals surface area (Å²) < 4.78 is 26.2. The van der Waals surface area contributed by atoms with E-state index in [0.29, 0.717) is 26.4 Å². The third-order valence-corrected chi connectivity index (χ3v) is 11.8. The largest absolute Gasteiger partial charge is 0.493 e. The lowest BCUT2D eigenvalue weighted by molar-refractivity contribution is 0.338. The molecule has 64 heavy (non-hydrogen) atoms. The lowest BCUT2D eigenvalue weighted by Gasteiger charge is -2.22. The molecule has 6 heteroatoms. The molecule has 0 bridgehead atoms. The first-order valence-corrected chi connectivity index (χ1v) is 22.2. The molecule has 0 fully saturated rings. The fourth-order valence-corrected chi connectivity index (χ4v) is 9.15. The van der Waals surface area contributed by atoms with E-state index < -0.39 is 0 Å². The molecule has 2 aromatic heterocycles. The molecule has 0 unspecified atom stereocenters. The minimum absolute atomic E-state index is 0.469. The molecule has 6 nitrogen and oxygen atoms in total. The predicted octanol–water partition coefficient (Wildman–Crippen LogP) is 15.0. The Morgan fingerprint density at radius 3 is 1.05 bits per heavy atom. The standard InChI is InChI=1S/C58H48N2O4/c1-5-61-51-33-31-37-19-9-13-23-41(37)53(51)55-43-25-15-11-21-39(43)35-45(57(55)63-7-3)47-27-17-29-49(59-47)50-30-18-28-48(60-50)46-36-40-22-12-16-26-44(40)56(58(46)64-8-4)54-42-24-14-10-20-38(42)32-34-52(54)62-6-2/h9-36H,5-8H2,1-4H3. The van der Waals surface area contributed by atoms with Crippen molar-refractivity contribution < 1.29 is 18.9 Å². The molecule has 0 amide bonds. The van der Waals surface area contributed by atoms with Crippen LogP contribution in [-0.4, -0.2) is 36.4 Å². The highest BCUT2D eigenvalue weighted by Gasteiger charge is 2.26. The lowest BCUT2D eigenvalue weighted by Crippen LogP contribution is -2.02. The Kier molecular flexibility index (Phi) is 11.1. The summed E-state index contributed by atoms with van der Waals surface area (Å²) in [5.74, 6) is 3.14. The number of rotatable bonds is 13. The quantitative estimate of drug-likeness (QED) is 0.115. The average molecular weight is 837 g/mol. The number of hydrogen-bond donors (Lipinski definition) is 0. The van der Waals surface area contributed by atoms with Crippen LogP contribution >= 0.6 is 0 Å². The fraction of sp³-hybridized carbons (Fsp3) is 0.138. The van der Waals surface area contributed by atoms with Crippen LogP contribution in [0.1, 0.15) is 27.7 Å². The molecular formula is C58H48N2O4. The third kappa shape index (κ3) is 7.21. The summed E-state index contributed by atoms with van der Waals surface area (Å²) >= 11 is 0. The number of ether oxygens (including phenoxy) is 4. The maximum Gasteiger partial charge on any atom is 0.137 e. The van der Waals surface area contributed by atoms with Crippen LogP contribution in [0.3, 0.4) is 0 Å². The first-order valence-electron chi connectivity index (χ1n) is 22.2. The summed E-state index contributed by atoms with van der Waals surface area (Å²) in [5.41, 5.74) is 8.79. The smallest absolute Gasteiger partial charge is 0.137 e. The van der Waals surface area contributed by atoms with Gasteiger partial charge in [0.1, 0.15) is 23.0 Å². The van der Waals surface area contributed by atoms with Crippen molar-refractivity contribution in [2.75, 3.05) is 26.4 Å². The van der Waals surface area contributed by atoms with E-state index in [9.17, 15) is 0 Å². The Labute approximate surface area is 373 Å². The summed E-state index contributed by atoms with van der Waals surface area (Å²) in [6, 6.07) is 58.9. The van der Waals surface area contributed by atoms with Crippen LogP contribution < -0.4 is 18.9 Å². The molecule has 0 saturated carbocycles. The number of hydrogen-bond acceptors (Lipinski definition) is 6. The second-order valence-electron chi connectivity index (χ2n) is 15.6. The van der Waals surface area contributed by atoms with Gasteiger partial charge in [0.15, 0.2) is 0 Å². The van der Waals surface area contributed by atoms with Crippen molar-refractivity contribution in [1.82, 2.24) is 9.97 Å². The molecular weight excluding hydrogens is 789 g/mol. The van der Waals surface area contributed by atoms with E-state index in [1.807, 2.05) is 39.8 Å². The van der Waals surface area contributed by atoms with E-state index in [-0.39, 0.29) is 0 Å². The van der Waals surface area contributed by atoms with Gasteiger partial charge < -0.3 is 18.9 Å². The van der Waals surface area contributed by atoms with Crippen LogP contribution in [0, 0.1) is 0 Å². The van der Waals surface area contributed by atoms with E-state index in [4.69, 9.17) is 28.9 Å². The van der Waals surface area contributed by atoms with Crippen LogP contribution in [0.4, 0.5) is 0 Å². The molecule has 10 rings (SSSR count). The van der Waals surface area contributed by atoms with Crippen LogP contribution in [0.5, 0.6) is 23.0 Å². The van der Waals surface area contributed by atoms with E-state index in [1.54, 1.807) is 0 Å². The maximum absolute atomic E-state index is 6.72. The average Bonchev–Trinajstić information content (AvgIpc) is 3.34. The van der Waals surface area contributed by atoms with E-state index in [0.717, 1.165) is 122 Å². The van der Waals surface area contributed by atoms with Gasteiger partial charge in [-0.3, -0.25) is 0 Å². The van der Waals surface area contributed by atoms with Crippen LogP contribution in [0.2, 0.25) is 0 Å². The Balaban J connectivity index is 1.17. The molecule has 0 N–H and O–H groups in total. The summed E-state index contributed by atoms with van der Waals surface area (Å²) in [6.45, 7) is 10.1. The fourth-order valence-electron chi connectivity index (χ4n) is 9.15. The number of aromatic nitrogens is 2. The van der Waals surface area contributed by atoms with Crippen LogP contribution in [-0.2, 0) is 0 Å². The summed E-state index contributed by atoms with van der Waals surface area (Å²) in [5, 5.41) is 8.75. The van der Waals surface area contributed by atoms with Gasteiger partial charge in [0.25, 0.3) is 0 Å². The van der Waals surface area contributed by atoms with Gasteiger partial charge in [0, 0.05) is 33.4 Å². The van der Waals surface area contributed by atoms with E-state index in [2.05, 4.69) is 158 Å². The molecule has 8 aromatic carbocycles. The SMILES string of the molecule is CCOc1ccc2ccccc2c1-c1c(OCC)c(-c2cccc(-c3cccc(-c4cc5ccccc5c(-c5c(OCC)ccc6ccccc56)c4OCC)n3)n2)cc2ccccc12. The number of pyridine rings is 2. The Morgan fingerprint density at radius 1 is 0.312 bits per heavy atom. The lowest BCUT2D eigenvalue weighted by atomic mass is 9.89. The van der Waals surface area contributed by atoms with Crippen molar-refractivity contribution >= 4 is 43.1 Å². The van der Waals surface area contributed by atoms with E-state index in [1.165, 1.54) is 0 Å². The zero-order chi connectivity index (χ0) is 43.6. The topological polar surface area (TPSA) is 62.7 Å². The first kappa shape index (κ1) is 40.4. The van der Waals surface area contributed by atoms with Crippen molar-refractivity contribution in [2.45, 2.75) is 27.7 Å². The molecule has 0 aliphatic heterocycles. The van der Waals surface area contributed by atoms with Gasteiger partial charge in [-0.05, 0) is 119 Å². The van der Waals surface area contributed by atoms with Crippen molar-refractivity contribution in [3.05, 3.63) is 170 Å². The Bertz CT molecular complexity index is 3130. The molecule has 0 saturated heterocycles. The second-order valence-corrected chi connectivity index (χ2v) is 15.6. The normalized spacial score (nSPS) is 11.4. The summed E-state index contributed by atoms with van der Waals surface area (Å²) in [7, 11) is 0. The van der Waals surface area contributed by atoms with Crippen molar-refractivity contribution in [3.63, 3.8) is 0 Å². The molecule has 314 valence electrons. The van der Waals surface area contributed by atoms with Gasteiger partial charge in [-0.25, -0.2) is 9.97 Å². The van der Waals surface area contributed by atoms with Gasteiger partial charge >= 0.3 is 0 Å². The molecule has 0 radical (unpaired) electrons. The minimum atomic E-state index is 0.469. The zero-order valence-electron chi connectivity index (χ0n) is 36.5. The monoisotopic (exact) mass is 836 g/mol. The van der Waals surface area contributed by atoms with Crippen molar-refractivity contribution in [1.29, 1.82) is 0 Å². The molecule has 0 spiro atoms. The Hall–Kier alpha value is -7.70. The highest BCUT2D eigenvalue weighted by Crippen LogP contribution is 2.51. The molecule has 0 aliphatic rings. The molecule has 0 atom stereocenters. The van der Waals surface area contributed by atoms with Gasteiger partial charge in [-0.1, -0.05) is 121 Å². The predicted molar refractivity (Wildman–Crippen MR) is 264 cm³/mol. The number of benzene rings is 8. The summed E-state index contributed by atoms with van der Waals surface area (Å²) in [6.07, 6.45) is 0. The molecule has 2 heterocycles. The highest BCUT2D eigenvalue weighted by molar-refractivity contribution is 6.13. The van der Waals surface area contributed by atoms with Crippen LogP contribution in [0.15, 0.2) is 170 Å².